The number of guanidine groups is 1. The smallest absolute Gasteiger partial charge is 0.299 e. The van der Waals surface area contributed by atoms with Gasteiger partial charge in [0, 0.05) is 25.7 Å². The second-order valence-corrected chi connectivity index (χ2v) is 9.16. The van der Waals surface area contributed by atoms with Crippen LogP contribution in [0.1, 0.15) is 51.5 Å². The summed E-state index contributed by atoms with van der Waals surface area (Å²) in [5.74, 6) is -0.621. The largest absolute Gasteiger partial charge is 0.370 e. The van der Waals surface area contributed by atoms with E-state index in [4.69, 9.17) is 11.5 Å². The molecule has 2 atom stereocenters. The molecule has 0 bridgehead atoms. The van der Waals surface area contributed by atoms with Crippen molar-refractivity contribution in [1.82, 2.24) is 14.6 Å². The van der Waals surface area contributed by atoms with Crippen molar-refractivity contribution < 1.29 is 18.0 Å². The number of carbonyl (C=O) groups is 2. The van der Waals surface area contributed by atoms with E-state index in [0.29, 0.717) is 6.29 Å². The molecule has 0 aliphatic heterocycles. The van der Waals surface area contributed by atoms with E-state index < -0.39 is 33.8 Å². The van der Waals surface area contributed by atoms with Crippen LogP contribution in [-0.2, 0) is 19.8 Å². The summed E-state index contributed by atoms with van der Waals surface area (Å²) >= 11 is 0. The molecule has 13 heteroatoms. The maximum atomic E-state index is 13.1. The zero-order valence-corrected chi connectivity index (χ0v) is 18.8. The fourth-order valence-electron chi connectivity index (χ4n) is 3.74. The maximum Gasteiger partial charge on any atom is 0.299 e. The van der Waals surface area contributed by atoms with Crippen molar-refractivity contribution in [3.05, 3.63) is 28.7 Å². The molecule has 1 fully saturated rings. The number of rotatable bonds is 11. The molecule has 12 nitrogen and oxygen atoms in total. The number of nitrogens with one attached hydrogen (secondary N) is 3. The molecule has 1 unspecified atom stereocenters. The number of nitrogens with two attached hydrogens (primary N) is 2. The lowest BCUT2D eigenvalue weighted by molar-refractivity contribution is -0.123. The predicted octanol–water partition coefficient (Wildman–Crippen LogP) is -0.664. The van der Waals surface area contributed by atoms with Gasteiger partial charge in [0.1, 0.15) is 18.0 Å². The molecular weight excluding hydrogens is 438 g/mol. The number of amides is 1. The Labute approximate surface area is 187 Å². The van der Waals surface area contributed by atoms with Gasteiger partial charge in [-0.05, 0) is 31.4 Å². The number of hydrogen-bond acceptors (Lipinski definition) is 6. The van der Waals surface area contributed by atoms with Crippen molar-refractivity contribution in [3.63, 3.8) is 0 Å². The zero-order chi connectivity index (χ0) is 23.7. The molecular formula is C19H31N7O5S. The van der Waals surface area contributed by atoms with Crippen molar-refractivity contribution in [2.24, 2.45) is 16.5 Å². The van der Waals surface area contributed by atoms with Gasteiger partial charge in [-0.3, -0.25) is 19.3 Å². The number of nitrogens with zero attached hydrogens (tertiary/aromatic N) is 2. The Kier molecular flexibility index (Phi) is 9.20. The van der Waals surface area contributed by atoms with Crippen LogP contribution in [0.3, 0.4) is 0 Å². The van der Waals surface area contributed by atoms with Crippen molar-refractivity contribution in [2.45, 2.75) is 63.6 Å². The van der Waals surface area contributed by atoms with E-state index in [2.05, 4.69) is 19.8 Å². The van der Waals surface area contributed by atoms with Crippen molar-refractivity contribution in [3.8, 4) is 0 Å². The molecule has 7 N–H and O–H groups in total. The summed E-state index contributed by atoms with van der Waals surface area (Å²) < 4.78 is 31.2. The van der Waals surface area contributed by atoms with E-state index in [-0.39, 0.29) is 30.7 Å². The summed E-state index contributed by atoms with van der Waals surface area (Å²) in [6.07, 6.45) is 6.50. The minimum Gasteiger partial charge on any atom is -0.370 e. The van der Waals surface area contributed by atoms with E-state index in [1.54, 1.807) is 0 Å². The first kappa shape index (κ1) is 25.3. The molecule has 1 aliphatic rings. The molecule has 1 aromatic rings. The Balaban J connectivity index is 2.31. The Hall–Kier alpha value is -2.93. The highest BCUT2D eigenvalue weighted by molar-refractivity contribution is 7.90. The van der Waals surface area contributed by atoms with Gasteiger partial charge in [0.25, 0.3) is 15.8 Å². The minimum atomic E-state index is -3.98. The Morgan fingerprint density at radius 2 is 2.00 bits per heavy atom. The predicted molar refractivity (Wildman–Crippen MR) is 121 cm³/mol. The molecule has 0 saturated heterocycles. The number of aromatic nitrogens is 1. The lowest BCUT2D eigenvalue weighted by atomic mass is 9.96. The average molecular weight is 470 g/mol. The fraction of sp³-hybridized carbons (Fsp3) is 0.579. The summed E-state index contributed by atoms with van der Waals surface area (Å²) in [7, 11) is -3.98. The highest BCUT2D eigenvalue weighted by Gasteiger charge is 2.26. The third-order valence-corrected chi connectivity index (χ3v) is 6.29. The van der Waals surface area contributed by atoms with Crippen LogP contribution < -0.4 is 31.8 Å². The van der Waals surface area contributed by atoms with Gasteiger partial charge >= 0.3 is 0 Å². The van der Waals surface area contributed by atoms with Crippen LogP contribution in [0, 0.1) is 0 Å². The van der Waals surface area contributed by atoms with E-state index in [1.165, 1.54) is 29.8 Å². The van der Waals surface area contributed by atoms with Gasteiger partial charge in [-0.15, -0.1) is 0 Å². The van der Waals surface area contributed by atoms with Crippen molar-refractivity contribution in [2.75, 3.05) is 11.3 Å². The lowest BCUT2D eigenvalue weighted by Gasteiger charge is -2.26. The van der Waals surface area contributed by atoms with Gasteiger partial charge in [-0.25, -0.2) is 0 Å². The number of hydrogen-bond donors (Lipinski definition) is 5. The quantitative estimate of drug-likeness (QED) is 0.161. The molecule has 1 amide bonds. The fourth-order valence-corrected chi connectivity index (χ4v) is 4.91. The topological polar surface area (TPSA) is 191 Å². The Bertz CT molecular complexity index is 982. The summed E-state index contributed by atoms with van der Waals surface area (Å²) in [4.78, 5) is 40.1. The van der Waals surface area contributed by atoms with Crippen LogP contribution in [0.2, 0.25) is 0 Å². The van der Waals surface area contributed by atoms with Crippen molar-refractivity contribution >= 4 is 34.0 Å². The van der Waals surface area contributed by atoms with Gasteiger partial charge < -0.3 is 26.1 Å². The Morgan fingerprint density at radius 3 is 2.59 bits per heavy atom. The number of aldehydes is 1. The number of aliphatic imine (C=N–C) groups is 1. The summed E-state index contributed by atoms with van der Waals surface area (Å²) in [5.41, 5.74) is 9.83. The highest BCUT2D eigenvalue weighted by atomic mass is 32.2. The van der Waals surface area contributed by atoms with E-state index in [9.17, 15) is 22.8 Å². The second kappa shape index (κ2) is 11.6. The molecule has 1 saturated carbocycles. The highest BCUT2D eigenvalue weighted by Crippen LogP contribution is 2.19. The SMILES string of the molecule is CC(=O)N[C@H](C=O)C(CCN=C(N)N)n1cccc(NS(=O)(=O)NC2CCCCC2)c1=O. The molecule has 1 aliphatic carbocycles. The van der Waals surface area contributed by atoms with Crippen LogP contribution in [0.25, 0.3) is 0 Å². The van der Waals surface area contributed by atoms with Gasteiger partial charge in [0.05, 0.1) is 6.04 Å². The zero-order valence-electron chi connectivity index (χ0n) is 18.0. The second-order valence-electron chi connectivity index (χ2n) is 7.72. The third kappa shape index (κ3) is 7.64. The van der Waals surface area contributed by atoms with Gasteiger partial charge in [-0.2, -0.15) is 13.1 Å². The normalized spacial score (nSPS) is 16.5. The third-order valence-electron chi connectivity index (χ3n) is 5.15. The standard InChI is InChI=1S/C19H31N7O5S/c1-13(28)23-16(12-27)17(9-10-22-19(20)21)26-11-5-8-15(18(26)29)25-32(30,31)24-14-6-3-2-4-7-14/h5,8,11-12,14,16-17,24-25H,2-4,6-7,9-10H2,1H3,(H,23,28)(H4,20,21,22)/t16-,17?/m1/s1. The van der Waals surface area contributed by atoms with Gasteiger partial charge in [0.2, 0.25) is 5.91 Å². The van der Waals surface area contributed by atoms with Gasteiger partial charge in [-0.1, -0.05) is 19.3 Å². The molecule has 32 heavy (non-hydrogen) atoms. The summed E-state index contributed by atoms with van der Waals surface area (Å²) in [6.45, 7) is 1.33. The maximum absolute atomic E-state index is 13.1. The van der Waals surface area contributed by atoms with E-state index >= 15 is 0 Å². The number of pyridine rings is 1. The van der Waals surface area contributed by atoms with Crippen molar-refractivity contribution in [1.29, 1.82) is 0 Å². The monoisotopic (exact) mass is 469 g/mol. The van der Waals surface area contributed by atoms with E-state index in [0.717, 1.165) is 32.1 Å². The van der Waals surface area contributed by atoms with Crippen LogP contribution >= 0.6 is 0 Å². The lowest BCUT2D eigenvalue weighted by Crippen LogP contribution is -2.45. The molecule has 2 rings (SSSR count). The first-order valence-corrected chi connectivity index (χ1v) is 11.9. The summed E-state index contributed by atoms with van der Waals surface area (Å²) in [5, 5.41) is 2.49. The minimum absolute atomic E-state index is 0.0859. The summed E-state index contributed by atoms with van der Waals surface area (Å²) in [6, 6.07) is 0.733. The Morgan fingerprint density at radius 1 is 1.31 bits per heavy atom. The van der Waals surface area contributed by atoms with Crippen LogP contribution in [-0.4, -0.2) is 49.8 Å². The molecule has 0 spiro atoms. The number of carbonyl (C=O) groups excluding carboxylic acids is 2. The average Bonchev–Trinajstić information content (AvgIpc) is 2.71. The first-order valence-electron chi connectivity index (χ1n) is 10.4. The molecule has 1 aromatic heterocycles. The van der Waals surface area contributed by atoms with E-state index in [1.807, 2.05) is 0 Å². The van der Waals surface area contributed by atoms with Gasteiger partial charge in [0.15, 0.2) is 5.96 Å². The van der Waals surface area contributed by atoms with Crippen LogP contribution in [0.15, 0.2) is 28.1 Å². The molecule has 1 heterocycles. The molecule has 0 aromatic carbocycles. The first-order chi connectivity index (χ1) is 15.1. The molecule has 178 valence electrons. The van der Waals surface area contributed by atoms with Crippen LogP contribution in [0.4, 0.5) is 5.69 Å². The number of anilines is 1. The molecule has 0 radical (unpaired) electrons. The van der Waals surface area contributed by atoms with Crippen LogP contribution in [0.5, 0.6) is 0 Å².